The first-order valence-electron chi connectivity index (χ1n) is 5.26. The van der Waals surface area contributed by atoms with E-state index in [1.165, 1.54) is 0 Å². The van der Waals surface area contributed by atoms with Crippen LogP contribution in [0.3, 0.4) is 0 Å². The van der Waals surface area contributed by atoms with Crippen molar-refractivity contribution in [2.45, 2.75) is 46.7 Å². The van der Waals surface area contributed by atoms with E-state index in [1.54, 1.807) is 0 Å². The van der Waals surface area contributed by atoms with Gasteiger partial charge in [0, 0.05) is 6.04 Å². The third-order valence-corrected chi connectivity index (χ3v) is 2.56. The normalized spacial score (nSPS) is 15.2. The van der Waals surface area contributed by atoms with Crippen LogP contribution in [0.15, 0.2) is 0 Å². The molecule has 1 amide bonds. The second-order valence-corrected chi connectivity index (χ2v) is 4.90. The molecule has 3 heteroatoms. The summed E-state index contributed by atoms with van der Waals surface area (Å²) >= 11 is 0. The van der Waals surface area contributed by atoms with Crippen molar-refractivity contribution >= 4 is 5.91 Å². The highest BCUT2D eigenvalue weighted by atomic mass is 16.2. The maximum atomic E-state index is 11.5. The van der Waals surface area contributed by atoms with Gasteiger partial charge < -0.3 is 10.6 Å². The van der Waals surface area contributed by atoms with E-state index < -0.39 is 0 Å². The number of hydrogen-bond acceptors (Lipinski definition) is 2. The molecule has 2 atom stereocenters. The summed E-state index contributed by atoms with van der Waals surface area (Å²) in [6, 6.07) is 0.0525. The van der Waals surface area contributed by atoms with E-state index >= 15 is 0 Å². The lowest BCUT2D eigenvalue weighted by Gasteiger charge is -2.30. The van der Waals surface area contributed by atoms with Crippen molar-refractivity contribution in [1.82, 2.24) is 10.6 Å². The van der Waals surface area contributed by atoms with Gasteiger partial charge in [-0.05, 0) is 19.3 Å². The molecule has 0 radical (unpaired) electrons. The van der Waals surface area contributed by atoms with Gasteiger partial charge in [0.25, 0.3) is 0 Å². The molecule has 0 aliphatic carbocycles. The molecule has 0 aliphatic heterocycles. The number of carbonyl (C=O) groups is 1. The van der Waals surface area contributed by atoms with E-state index in [2.05, 4.69) is 44.2 Å². The van der Waals surface area contributed by atoms with Crippen LogP contribution in [0.4, 0.5) is 0 Å². The molecule has 2 unspecified atom stereocenters. The molecule has 86 valence electrons. The van der Waals surface area contributed by atoms with Crippen molar-refractivity contribution in [3.63, 3.8) is 0 Å². The Morgan fingerprint density at radius 3 is 2.33 bits per heavy atom. The molecule has 0 aliphatic rings. The van der Waals surface area contributed by atoms with E-state index in [0.717, 1.165) is 0 Å². The largest absolute Gasteiger partial charge is 0.344 e. The van der Waals surface area contributed by atoms with Crippen LogP contribution < -0.4 is 10.6 Å². The number of amides is 1. The van der Waals surface area contributed by atoms with Crippen molar-refractivity contribution in [3.05, 3.63) is 0 Å². The molecule has 0 aromatic rings. The first-order valence-corrected chi connectivity index (χ1v) is 5.26. The molecule has 0 saturated heterocycles. The molecule has 0 rings (SSSR count). The van der Waals surface area contributed by atoms with Gasteiger partial charge in [0.15, 0.2) is 0 Å². The van der Waals surface area contributed by atoms with Gasteiger partial charge in [-0.25, -0.2) is 0 Å². The Kier molecular flexibility index (Phi) is 5.38. The molecule has 0 bridgehead atoms. The third-order valence-electron chi connectivity index (χ3n) is 2.56. The number of rotatable bonds is 4. The molecule has 15 heavy (non-hydrogen) atoms. The van der Waals surface area contributed by atoms with Gasteiger partial charge in [0.05, 0.1) is 12.6 Å². The third kappa shape index (κ3) is 5.44. The first kappa shape index (κ1) is 14.0. The van der Waals surface area contributed by atoms with Crippen LogP contribution in [-0.4, -0.2) is 24.5 Å². The summed E-state index contributed by atoms with van der Waals surface area (Å²) < 4.78 is 0. The monoisotopic (exact) mass is 210 g/mol. The Balaban J connectivity index is 4.08. The lowest BCUT2D eigenvalue weighted by atomic mass is 9.87. The summed E-state index contributed by atoms with van der Waals surface area (Å²) in [6.45, 7) is 10.6. The predicted octanol–water partition coefficient (Wildman–Crippen LogP) is 1.15. The van der Waals surface area contributed by atoms with Crippen molar-refractivity contribution in [2.75, 3.05) is 6.54 Å². The van der Waals surface area contributed by atoms with Crippen molar-refractivity contribution < 1.29 is 4.79 Å². The number of nitrogens with one attached hydrogen (secondary N) is 2. The summed E-state index contributed by atoms with van der Waals surface area (Å²) in [7, 11) is 0. The quantitative estimate of drug-likeness (QED) is 0.683. The molecule has 0 fully saturated rings. The number of carbonyl (C=O) groups excluding carboxylic acids is 1. The predicted molar refractivity (Wildman–Crippen MR) is 63.4 cm³/mol. The van der Waals surface area contributed by atoms with Gasteiger partial charge in [-0.1, -0.05) is 26.7 Å². The first-order chi connectivity index (χ1) is 6.79. The van der Waals surface area contributed by atoms with Crippen LogP contribution in [0.2, 0.25) is 0 Å². The van der Waals surface area contributed by atoms with E-state index in [0.29, 0.717) is 0 Å². The topological polar surface area (TPSA) is 41.1 Å². The minimum Gasteiger partial charge on any atom is -0.344 e. The highest BCUT2D eigenvalue weighted by Gasteiger charge is 2.23. The highest BCUT2D eigenvalue weighted by Crippen LogP contribution is 2.18. The van der Waals surface area contributed by atoms with Gasteiger partial charge in [-0.2, -0.15) is 0 Å². The van der Waals surface area contributed by atoms with Crippen LogP contribution in [-0.2, 0) is 4.79 Å². The van der Waals surface area contributed by atoms with E-state index in [-0.39, 0.29) is 30.0 Å². The van der Waals surface area contributed by atoms with Gasteiger partial charge in [0.2, 0.25) is 5.91 Å². The fourth-order valence-electron chi connectivity index (χ4n) is 0.992. The SMILES string of the molecule is C#CCNC(=O)C(C)NC(C)C(C)(C)C. The van der Waals surface area contributed by atoms with Gasteiger partial charge in [-0.3, -0.25) is 4.79 Å². The van der Waals surface area contributed by atoms with Crippen molar-refractivity contribution in [1.29, 1.82) is 0 Å². The zero-order valence-corrected chi connectivity index (χ0v) is 10.3. The average Bonchev–Trinajstić information content (AvgIpc) is 2.12. The maximum absolute atomic E-state index is 11.5. The van der Waals surface area contributed by atoms with Crippen LogP contribution in [0, 0.1) is 17.8 Å². The Morgan fingerprint density at radius 1 is 1.40 bits per heavy atom. The van der Waals surface area contributed by atoms with Crippen molar-refractivity contribution in [2.24, 2.45) is 5.41 Å². The molecular formula is C12H22N2O. The van der Waals surface area contributed by atoms with Crippen LogP contribution in [0.25, 0.3) is 0 Å². The number of terminal acetylenes is 1. The Hall–Kier alpha value is -1.01. The molecular weight excluding hydrogens is 188 g/mol. The van der Waals surface area contributed by atoms with Gasteiger partial charge >= 0.3 is 0 Å². The van der Waals surface area contributed by atoms with Crippen molar-refractivity contribution in [3.8, 4) is 12.3 Å². The maximum Gasteiger partial charge on any atom is 0.237 e. The molecule has 2 N–H and O–H groups in total. The van der Waals surface area contributed by atoms with E-state index in [4.69, 9.17) is 6.42 Å². The molecule has 3 nitrogen and oxygen atoms in total. The Labute approximate surface area is 93.0 Å². The van der Waals surface area contributed by atoms with Crippen LogP contribution in [0.5, 0.6) is 0 Å². The average molecular weight is 210 g/mol. The summed E-state index contributed by atoms with van der Waals surface area (Å²) in [5, 5.41) is 5.90. The summed E-state index contributed by atoms with van der Waals surface area (Å²) in [5.41, 5.74) is 0.140. The van der Waals surface area contributed by atoms with Gasteiger partial charge in [0.1, 0.15) is 0 Å². The standard InChI is InChI=1S/C12H22N2O/c1-7-8-13-11(15)9(2)14-10(3)12(4,5)6/h1,9-10,14H,8H2,2-6H3,(H,13,15). The lowest BCUT2D eigenvalue weighted by Crippen LogP contribution is -2.49. The fraction of sp³-hybridized carbons (Fsp3) is 0.750. The zero-order chi connectivity index (χ0) is 12.1. The minimum atomic E-state index is -0.215. The molecule has 0 heterocycles. The summed E-state index contributed by atoms with van der Waals surface area (Å²) in [6.07, 6.45) is 5.06. The lowest BCUT2D eigenvalue weighted by molar-refractivity contribution is -0.122. The second kappa shape index (κ2) is 5.77. The molecule has 0 saturated carbocycles. The van der Waals surface area contributed by atoms with Crippen LogP contribution in [0.1, 0.15) is 34.6 Å². The smallest absolute Gasteiger partial charge is 0.237 e. The van der Waals surface area contributed by atoms with E-state index in [1.807, 2.05) is 6.92 Å². The zero-order valence-electron chi connectivity index (χ0n) is 10.3. The minimum absolute atomic E-state index is 0.0518. The molecule has 0 aromatic heterocycles. The highest BCUT2D eigenvalue weighted by molar-refractivity contribution is 5.81. The fourth-order valence-corrected chi connectivity index (χ4v) is 0.992. The summed E-state index contributed by atoms with van der Waals surface area (Å²) in [4.78, 5) is 11.5. The second-order valence-electron chi connectivity index (χ2n) is 4.90. The Morgan fingerprint density at radius 2 is 1.93 bits per heavy atom. The van der Waals surface area contributed by atoms with E-state index in [9.17, 15) is 4.79 Å². The Bertz CT molecular complexity index is 247. The van der Waals surface area contributed by atoms with Crippen LogP contribution >= 0.6 is 0 Å². The van der Waals surface area contributed by atoms with Gasteiger partial charge in [-0.15, -0.1) is 6.42 Å². The molecule has 0 aromatic carbocycles. The number of hydrogen-bond donors (Lipinski definition) is 2. The summed E-state index contributed by atoms with van der Waals surface area (Å²) in [5.74, 6) is 2.33. The molecule has 0 spiro atoms.